The van der Waals surface area contributed by atoms with Gasteiger partial charge in [-0.2, -0.15) is 5.10 Å². The van der Waals surface area contributed by atoms with Crippen molar-refractivity contribution in [2.45, 2.75) is 25.0 Å². The van der Waals surface area contributed by atoms with E-state index in [1.54, 1.807) is 15.8 Å². The summed E-state index contributed by atoms with van der Waals surface area (Å²) in [7, 11) is 3.35. The molecule has 1 aliphatic heterocycles. The lowest BCUT2D eigenvalue weighted by atomic mass is 10.0. The number of aliphatic hydroxyl groups is 1. The van der Waals surface area contributed by atoms with Gasteiger partial charge in [0.15, 0.2) is 0 Å². The van der Waals surface area contributed by atoms with Crippen LogP contribution in [0.3, 0.4) is 0 Å². The van der Waals surface area contributed by atoms with E-state index in [1.807, 2.05) is 13.2 Å². The van der Waals surface area contributed by atoms with E-state index in [9.17, 15) is 9.90 Å². The summed E-state index contributed by atoms with van der Waals surface area (Å²) in [5.74, 6) is -0.0667. The molecular formula is C12H19N3O3. The standard InChI is InChI=1S/C12H19N3O3/c1-14-7-9(6-13-14)5-10-11(16)3-4-15(10)12(17)8-18-2/h6-7,10-11,16H,3-5,8H2,1-2H3/t10-,11+/m1/s1. The van der Waals surface area contributed by atoms with Gasteiger partial charge in [-0.3, -0.25) is 9.48 Å². The van der Waals surface area contributed by atoms with Gasteiger partial charge >= 0.3 is 0 Å². The molecule has 1 saturated heterocycles. The maximum Gasteiger partial charge on any atom is 0.248 e. The lowest BCUT2D eigenvalue weighted by Gasteiger charge is -2.25. The van der Waals surface area contributed by atoms with E-state index < -0.39 is 6.10 Å². The molecule has 0 aromatic carbocycles. The summed E-state index contributed by atoms with van der Waals surface area (Å²) in [6.07, 6.45) is 4.46. The summed E-state index contributed by atoms with van der Waals surface area (Å²) < 4.78 is 6.58. The van der Waals surface area contributed by atoms with Gasteiger partial charge in [0.25, 0.3) is 0 Å². The Bertz CT molecular complexity index is 418. The summed E-state index contributed by atoms with van der Waals surface area (Å²) in [6, 6.07) is -0.170. The maximum absolute atomic E-state index is 11.9. The Morgan fingerprint density at radius 2 is 2.44 bits per heavy atom. The zero-order valence-corrected chi connectivity index (χ0v) is 10.7. The Balaban J connectivity index is 2.05. The van der Waals surface area contributed by atoms with E-state index >= 15 is 0 Å². The Labute approximate surface area is 106 Å². The van der Waals surface area contributed by atoms with E-state index in [4.69, 9.17) is 4.74 Å². The molecule has 2 rings (SSSR count). The second-order valence-electron chi connectivity index (χ2n) is 4.67. The van der Waals surface area contributed by atoms with Crippen LogP contribution in [0.1, 0.15) is 12.0 Å². The third-order valence-electron chi connectivity index (χ3n) is 3.30. The first-order valence-electron chi connectivity index (χ1n) is 6.06. The highest BCUT2D eigenvalue weighted by Crippen LogP contribution is 2.21. The third kappa shape index (κ3) is 2.70. The fourth-order valence-electron chi connectivity index (χ4n) is 2.42. The topological polar surface area (TPSA) is 67.6 Å². The zero-order valence-electron chi connectivity index (χ0n) is 10.7. The highest BCUT2D eigenvalue weighted by atomic mass is 16.5. The number of carbonyl (C=O) groups is 1. The quantitative estimate of drug-likeness (QED) is 0.790. The van der Waals surface area contributed by atoms with Gasteiger partial charge in [0, 0.05) is 26.9 Å². The smallest absolute Gasteiger partial charge is 0.248 e. The molecule has 2 heterocycles. The predicted octanol–water partition coefficient (Wildman–Crippen LogP) is -0.429. The number of methoxy groups -OCH3 is 1. The second kappa shape index (κ2) is 5.49. The SMILES string of the molecule is COCC(=O)N1CC[C@H](O)[C@H]1Cc1cnn(C)c1. The number of carbonyl (C=O) groups excluding carboxylic acids is 1. The molecule has 6 nitrogen and oxygen atoms in total. The molecule has 1 N–H and O–H groups in total. The number of aliphatic hydroxyl groups excluding tert-OH is 1. The van der Waals surface area contributed by atoms with Crippen molar-refractivity contribution in [3.05, 3.63) is 18.0 Å². The van der Waals surface area contributed by atoms with Gasteiger partial charge in [-0.1, -0.05) is 0 Å². The second-order valence-corrected chi connectivity index (χ2v) is 4.67. The molecule has 100 valence electrons. The molecule has 0 bridgehead atoms. The van der Waals surface area contributed by atoms with Gasteiger partial charge in [-0.15, -0.1) is 0 Å². The van der Waals surface area contributed by atoms with Crippen molar-refractivity contribution >= 4 is 5.91 Å². The monoisotopic (exact) mass is 253 g/mol. The summed E-state index contributed by atoms with van der Waals surface area (Å²) in [6.45, 7) is 0.657. The molecule has 1 aromatic heterocycles. The molecule has 18 heavy (non-hydrogen) atoms. The number of likely N-dealkylation sites (tertiary alicyclic amines) is 1. The number of rotatable bonds is 4. The molecule has 0 spiro atoms. The molecular weight excluding hydrogens is 234 g/mol. The first-order valence-corrected chi connectivity index (χ1v) is 6.06. The minimum Gasteiger partial charge on any atom is -0.391 e. The lowest BCUT2D eigenvalue weighted by Crippen LogP contribution is -2.42. The summed E-state index contributed by atoms with van der Waals surface area (Å²) >= 11 is 0. The minimum absolute atomic E-state index is 0.0657. The number of hydrogen-bond acceptors (Lipinski definition) is 4. The van der Waals surface area contributed by atoms with Crippen molar-refractivity contribution in [3.63, 3.8) is 0 Å². The first kappa shape index (κ1) is 13.0. The Morgan fingerprint density at radius 3 is 3.06 bits per heavy atom. The number of hydrogen-bond donors (Lipinski definition) is 1. The molecule has 1 fully saturated rings. The molecule has 6 heteroatoms. The van der Waals surface area contributed by atoms with E-state index in [0.29, 0.717) is 19.4 Å². The van der Waals surface area contributed by atoms with Crippen LogP contribution >= 0.6 is 0 Å². The summed E-state index contributed by atoms with van der Waals surface area (Å²) in [5, 5.41) is 14.1. The van der Waals surface area contributed by atoms with E-state index in [1.165, 1.54) is 7.11 Å². The number of amides is 1. The maximum atomic E-state index is 11.9. The fraction of sp³-hybridized carbons (Fsp3) is 0.667. The summed E-state index contributed by atoms with van der Waals surface area (Å²) in [4.78, 5) is 13.6. The zero-order chi connectivity index (χ0) is 13.1. The van der Waals surface area contributed by atoms with Crippen molar-refractivity contribution in [3.8, 4) is 0 Å². The van der Waals surface area contributed by atoms with Crippen LogP contribution in [0.2, 0.25) is 0 Å². The minimum atomic E-state index is -0.467. The van der Waals surface area contributed by atoms with Gasteiger partial charge in [0.1, 0.15) is 6.61 Å². The molecule has 1 aromatic rings. The normalized spacial score (nSPS) is 23.6. The van der Waals surface area contributed by atoms with Crippen molar-refractivity contribution in [2.75, 3.05) is 20.3 Å². The molecule has 0 unspecified atom stereocenters. The molecule has 2 atom stereocenters. The Hall–Kier alpha value is -1.40. The van der Waals surface area contributed by atoms with Crippen molar-refractivity contribution in [2.24, 2.45) is 7.05 Å². The Kier molecular flexibility index (Phi) is 3.98. The number of aryl methyl sites for hydroxylation is 1. The molecule has 0 radical (unpaired) electrons. The average molecular weight is 253 g/mol. The highest BCUT2D eigenvalue weighted by molar-refractivity contribution is 5.78. The van der Waals surface area contributed by atoms with Gasteiger partial charge in [0.2, 0.25) is 5.91 Å². The predicted molar refractivity (Wildman–Crippen MR) is 64.9 cm³/mol. The van der Waals surface area contributed by atoms with E-state index in [0.717, 1.165) is 5.56 Å². The number of nitrogens with zero attached hydrogens (tertiary/aromatic N) is 3. The van der Waals surface area contributed by atoms with E-state index in [-0.39, 0.29) is 18.6 Å². The molecule has 0 aliphatic carbocycles. The first-order chi connectivity index (χ1) is 8.61. The number of ether oxygens (including phenoxy) is 1. The van der Waals surface area contributed by atoms with Gasteiger partial charge in [-0.25, -0.2) is 0 Å². The van der Waals surface area contributed by atoms with Gasteiger partial charge in [0.05, 0.1) is 18.3 Å². The highest BCUT2D eigenvalue weighted by Gasteiger charge is 2.35. The average Bonchev–Trinajstić information content (AvgIpc) is 2.88. The lowest BCUT2D eigenvalue weighted by molar-refractivity contribution is -0.136. The Morgan fingerprint density at radius 1 is 1.67 bits per heavy atom. The molecule has 1 aliphatic rings. The van der Waals surface area contributed by atoms with Crippen LogP contribution in [-0.2, 0) is 23.0 Å². The van der Waals surface area contributed by atoms with Crippen LogP contribution in [0.15, 0.2) is 12.4 Å². The van der Waals surface area contributed by atoms with Crippen LogP contribution in [0.25, 0.3) is 0 Å². The van der Waals surface area contributed by atoms with Crippen molar-refractivity contribution in [1.29, 1.82) is 0 Å². The molecule has 1 amide bonds. The van der Waals surface area contributed by atoms with Crippen LogP contribution in [0.5, 0.6) is 0 Å². The van der Waals surface area contributed by atoms with E-state index in [2.05, 4.69) is 5.10 Å². The van der Waals surface area contributed by atoms with Gasteiger partial charge < -0.3 is 14.7 Å². The van der Waals surface area contributed by atoms with Crippen LogP contribution in [0.4, 0.5) is 0 Å². The van der Waals surface area contributed by atoms with Crippen molar-refractivity contribution in [1.82, 2.24) is 14.7 Å². The van der Waals surface area contributed by atoms with Crippen LogP contribution in [0, 0.1) is 0 Å². The van der Waals surface area contributed by atoms with Gasteiger partial charge in [-0.05, 0) is 18.4 Å². The summed E-state index contributed by atoms with van der Waals surface area (Å²) in [5.41, 5.74) is 1.03. The van der Waals surface area contributed by atoms with Crippen LogP contribution < -0.4 is 0 Å². The van der Waals surface area contributed by atoms with Crippen molar-refractivity contribution < 1.29 is 14.6 Å². The van der Waals surface area contributed by atoms with Crippen LogP contribution in [-0.4, -0.2) is 58.1 Å². The fourth-order valence-corrected chi connectivity index (χ4v) is 2.42. The third-order valence-corrected chi connectivity index (χ3v) is 3.30. The largest absolute Gasteiger partial charge is 0.391 e. The molecule has 0 saturated carbocycles. The number of aromatic nitrogens is 2.